The third kappa shape index (κ3) is 5.67. The number of fused-ring (bicyclic) bond motifs is 1. The number of carboxylic acid groups (broad SMARTS) is 1. The maximum Gasteiger partial charge on any atom is 0.408 e. The number of phenols is 1. The van der Waals surface area contributed by atoms with Gasteiger partial charge in [0.15, 0.2) is 0 Å². The molecule has 8 nitrogen and oxygen atoms in total. The number of carbonyl (C=O) groups is 1. The molecule has 0 spiro atoms. The lowest BCUT2D eigenvalue weighted by Crippen LogP contribution is -2.54. The molecular formula is C33H42N4O4Si. The standard InChI is InChI=1S/C33H42N4O4Si/c1-32(2,3)33(14-7-15-37(33)31(39)40)30-35-21-29(36(30)22-41-16-17-42(4,5)6)26-11-13-28(34-20-26)25-9-8-24-19-27(38)12-10-23(24)18-25/h8-13,18-21,38H,7,14-17,22H2,1-6H3,(H,39,40)/t33-/m1/s1. The van der Waals surface area contributed by atoms with Crippen LogP contribution in [-0.4, -0.2) is 57.0 Å². The lowest BCUT2D eigenvalue weighted by atomic mass is 9.71. The van der Waals surface area contributed by atoms with Crippen LogP contribution >= 0.6 is 0 Å². The van der Waals surface area contributed by atoms with E-state index in [-0.39, 0.29) is 5.75 Å². The Kier molecular flexibility index (Phi) is 7.93. The van der Waals surface area contributed by atoms with Gasteiger partial charge in [0.25, 0.3) is 0 Å². The van der Waals surface area contributed by atoms with E-state index in [4.69, 9.17) is 14.7 Å². The molecule has 222 valence electrons. The predicted molar refractivity (Wildman–Crippen MR) is 169 cm³/mol. The Morgan fingerprint density at radius 1 is 1.00 bits per heavy atom. The second kappa shape index (κ2) is 11.2. The third-order valence-corrected chi connectivity index (χ3v) is 10.2. The van der Waals surface area contributed by atoms with Crippen LogP contribution in [0.5, 0.6) is 5.75 Å². The second-order valence-corrected chi connectivity index (χ2v) is 19.2. The third-order valence-electron chi connectivity index (χ3n) is 8.47. The van der Waals surface area contributed by atoms with E-state index in [0.29, 0.717) is 26.3 Å². The number of benzene rings is 2. The van der Waals surface area contributed by atoms with Crippen LogP contribution in [0.3, 0.4) is 0 Å². The summed E-state index contributed by atoms with van der Waals surface area (Å²) < 4.78 is 8.33. The van der Waals surface area contributed by atoms with E-state index in [2.05, 4.69) is 51.0 Å². The highest BCUT2D eigenvalue weighted by molar-refractivity contribution is 6.76. The van der Waals surface area contributed by atoms with Gasteiger partial charge in [0.05, 0.1) is 17.6 Å². The maximum absolute atomic E-state index is 12.5. The molecule has 0 bridgehead atoms. The number of nitrogens with zero attached hydrogens (tertiary/aromatic N) is 4. The van der Waals surface area contributed by atoms with E-state index in [1.807, 2.05) is 42.7 Å². The summed E-state index contributed by atoms with van der Waals surface area (Å²) in [6, 6.07) is 16.5. The van der Waals surface area contributed by atoms with Gasteiger partial charge in [0.2, 0.25) is 0 Å². The molecule has 2 N–H and O–H groups in total. The van der Waals surface area contributed by atoms with Crippen molar-refractivity contribution in [3.63, 3.8) is 0 Å². The van der Waals surface area contributed by atoms with Crippen molar-refractivity contribution in [2.24, 2.45) is 5.41 Å². The van der Waals surface area contributed by atoms with E-state index < -0.39 is 25.1 Å². The van der Waals surface area contributed by atoms with Gasteiger partial charge in [-0.3, -0.25) is 9.88 Å². The van der Waals surface area contributed by atoms with Gasteiger partial charge >= 0.3 is 6.09 Å². The second-order valence-electron chi connectivity index (χ2n) is 13.6. The van der Waals surface area contributed by atoms with Gasteiger partial charge in [-0.25, -0.2) is 9.78 Å². The van der Waals surface area contributed by atoms with Gasteiger partial charge in [0, 0.05) is 38.5 Å². The van der Waals surface area contributed by atoms with Crippen molar-refractivity contribution in [3.8, 4) is 28.3 Å². The number of hydrogen-bond acceptors (Lipinski definition) is 5. The molecule has 3 heterocycles. The highest BCUT2D eigenvalue weighted by Gasteiger charge is 2.56. The highest BCUT2D eigenvalue weighted by atomic mass is 28.3. The summed E-state index contributed by atoms with van der Waals surface area (Å²) in [6.45, 7) is 14.7. The van der Waals surface area contributed by atoms with Gasteiger partial charge in [0.1, 0.15) is 23.8 Å². The molecule has 1 aliphatic rings. The van der Waals surface area contributed by atoms with Crippen molar-refractivity contribution in [2.45, 2.75) is 71.6 Å². The molecule has 0 saturated carbocycles. The van der Waals surface area contributed by atoms with Gasteiger partial charge in [-0.15, -0.1) is 0 Å². The summed E-state index contributed by atoms with van der Waals surface area (Å²) >= 11 is 0. The Hall–Kier alpha value is -3.69. The smallest absolute Gasteiger partial charge is 0.408 e. The first-order valence-corrected chi connectivity index (χ1v) is 18.3. The lowest BCUT2D eigenvalue weighted by molar-refractivity contribution is 0.00957. The summed E-state index contributed by atoms with van der Waals surface area (Å²) in [7, 11) is -1.28. The molecule has 1 fully saturated rings. The first-order chi connectivity index (χ1) is 19.8. The van der Waals surface area contributed by atoms with Crippen LogP contribution in [-0.2, 0) is 17.0 Å². The van der Waals surface area contributed by atoms with Crippen molar-refractivity contribution in [1.29, 1.82) is 0 Å². The Labute approximate surface area is 249 Å². The van der Waals surface area contributed by atoms with Crippen LogP contribution < -0.4 is 0 Å². The molecule has 4 aromatic rings. The summed E-state index contributed by atoms with van der Waals surface area (Å²) in [5, 5.41) is 22.0. The van der Waals surface area contributed by atoms with Gasteiger partial charge in [-0.1, -0.05) is 58.6 Å². The molecule has 2 aromatic carbocycles. The van der Waals surface area contributed by atoms with Crippen LogP contribution in [0.4, 0.5) is 4.79 Å². The molecule has 5 rings (SSSR count). The normalized spacial score (nSPS) is 17.7. The van der Waals surface area contributed by atoms with Crippen molar-refractivity contribution < 1.29 is 19.7 Å². The number of hydrogen-bond donors (Lipinski definition) is 2. The number of ether oxygens (including phenoxy) is 1. The Morgan fingerprint density at radius 2 is 1.71 bits per heavy atom. The fourth-order valence-corrected chi connectivity index (χ4v) is 6.89. The molecule has 42 heavy (non-hydrogen) atoms. The summed E-state index contributed by atoms with van der Waals surface area (Å²) in [4.78, 5) is 23.8. The van der Waals surface area contributed by atoms with Gasteiger partial charge in [-0.2, -0.15) is 0 Å². The molecule has 0 radical (unpaired) electrons. The molecule has 0 aliphatic carbocycles. The average molecular weight is 587 g/mol. The largest absolute Gasteiger partial charge is 0.508 e. The number of amides is 1. The zero-order chi connectivity index (χ0) is 30.3. The fourth-order valence-electron chi connectivity index (χ4n) is 6.14. The van der Waals surface area contributed by atoms with Gasteiger partial charge in [-0.05, 0) is 65.4 Å². The van der Waals surface area contributed by atoms with Crippen LogP contribution in [0, 0.1) is 5.41 Å². The minimum atomic E-state index is -1.28. The van der Waals surface area contributed by atoms with Crippen molar-refractivity contribution in [1.82, 2.24) is 19.4 Å². The van der Waals surface area contributed by atoms with Crippen LogP contribution in [0.15, 0.2) is 60.9 Å². The Balaban J connectivity index is 1.54. The monoisotopic (exact) mass is 586 g/mol. The minimum Gasteiger partial charge on any atom is -0.508 e. The topological polar surface area (TPSA) is 101 Å². The van der Waals surface area contributed by atoms with E-state index in [0.717, 1.165) is 51.6 Å². The SMILES string of the molecule is CC(C)(C)[C@]1(c2ncc(-c3ccc(-c4ccc5cc(O)ccc5c4)nc3)n2COCC[Si](C)(C)C)CCCN1C(=O)O. The number of imidazole rings is 1. The summed E-state index contributed by atoms with van der Waals surface area (Å²) in [5.41, 5.74) is 2.39. The number of aromatic hydroxyl groups is 1. The van der Waals surface area contributed by atoms with E-state index in [1.54, 1.807) is 17.0 Å². The first kappa shape index (κ1) is 29.8. The van der Waals surface area contributed by atoms with Crippen molar-refractivity contribution in [3.05, 3.63) is 66.7 Å². The molecule has 1 atom stereocenters. The number of likely N-dealkylation sites (tertiary alicyclic amines) is 1. The number of rotatable bonds is 8. The maximum atomic E-state index is 12.5. The van der Waals surface area contributed by atoms with E-state index in [1.165, 1.54) is 0 Å². The summed E-state index contributed by atoms with van der Waals surface area (Å²) in [5.74, 6) is 0.968. The molecule has 9 heteroatoms. The molecule has 1 saturated heterocycles. The number of aromatic nitrogens is 3. The number of phenolic OH excluding ortho intramolecular Hbond substituents is 1. The van der Waals surface area contributed by atoms with Crippen LogP contribution in [0.25, 0.3) is 33.3 Å². The highest BCUT2D eigenvalue weighted by Crippen LogP contribution is 2.51. The van der Waals surface area contributed by atoms with Crippen LogP contribution in [0.1, 0.15) is 39.4 Å². The molecule has 1 aliphatic heterocycles. The summed E-state index contributed by atoms with van der Waals surface area (Å²) in [6.07, 6.45) is 4.25. The molecule has 1 amide bonds. The zero-order valence-corrected chi connectivity index (χ0v) is 26.5. The van der Waals surface area contributed by atoms with Crippen LogP contribution in [0.2, 0.25) is 25.7 Å². The average Bonchev–Trinajstić information content (AvgIpc) is 3.56. The van der Waals surface area contributed by atoms with Gasteiger partial charge < -0.3 is 19.5 Å². The Morgan fingerprint density at radius 3 is 2.38 bits per heavy atom. The predicted octanol–water partition coefficient (Wildman–Crippen LogP) is 7.80. The zero-order valence-electron chi connectivity index (χ0n) is 25.5. The quantitative estimate of drug-likeness (QED) is 0.161. The lowest BCUT2D eigenvalue weighted by Gasteiger charge is -2.46. The first-order valence-electron chi connectivity index (χ1n) is 14.6. The van der Waals surface area contributed by atoms with E-state index >= 15 is 0 Å². The fraction of sp³-hybridized carbons (Fsp3) is 0.424. The molecular weight excluding hydrogens is 544 g/mol. The van der Waals surface area contributed by atoms with Crippen molar-refractivity contribution in [2.75, 3.05) is 13.2 Å². The van der Waals surface area contributed by atoms with Crippen molar-refractivity contribution >= 4 is 24.9 Å². The minimum absolute atomic E-state index is 0.246. The Bertz CT molecular complexity index is 1590. The van der Waals surface area contributed by atoms with E-state index in [9.17, 15) is 15.0 Å². The molecule has 0 unspecified atom stereocenters. The molecule has 2 aromatic heterocycles. The number of pyridine rings is 1.